The average Bonchev–Trinajstić information content (AvgIpc) is 2.21. The number of piperidine rings is 1. The quantitative estimate of drug-likeness (QED) is 0.719. The number of hydrogen-bond acceptors (Lipinski definition) is 1. The zero-order valence-corrected chi connectivity index (χ0v) is 10.5. The van der Waals surface area contributed by atoms with Gasteiger partial charge in [0.25, 0.3) is 0 Å². The van der Waals surface area contributed by atoms with Gasteiger partial charge in [-0.15, -0.1) is 0 Å². The molecule has 0 amide bonds. The summed E-state index contributed by atoms with van der Waals surface area (Å²) >= 11 is 2.42. The zero-order chi connectivity index (χ0) is 11.1. The third kappa shape index (κ3) is 4.67. The molecule has 0 bridgehead atoms. The fourth-order valence-electron chi connectivity index (χ4n) is 1.51. The monoisotopic (exact) mass is 242 g/mol. The Morgan fingerprint density at radius 1 is 1.43 bits per heavy atom. The van der Waals surface area contributed by atoms with Crippen LogP contribution >= 0.6 is 0 Å². The van der Waals surface area contributed by atoms with Crippen molar-refractivity contribution in [3.8, 4) is 0 Å². The number of rotatable bonds is 2. The van der Waals surface area contributed by atoms with Crippen molar-refractivity contribution in [3.63, 3.8) is 0 Å². The van der Waals surface area contributed by atoms with Crippen molar-refractivity contribution in [3.05, 3.63) is 0 Å². The van der Waals surface area contributed by atoms with Crippen LogP contribution < -0.4 is 0 Å². The van der Waals surface area contributed by atoms with Crippen molar-refractivity contribution < 1.29 is 25.8 Å². The van der Waals surface area contributed by atoms with Gasteiger partial charge in [-0.25, -0.2) is 0 Å². The molecule has 1 aliphatic heterocycles. The van der Waals surface area contributed by atoms with Crippen LogP contribution in [0.3, 0.4) is 0 Å². The summed E-state index contributed by atoms with van der Waals surface area (Å²) in [5.41, 5.74) is 0. The van der Waals surface area contributed by atoms with Gasteiger partial charge in [0, 0.05) is 0 Å². The molecule has 83 valence electrons. The summed E-state index contributed by atoms with van der Waals surface area (Å²) in [6, 6.07) is 0. The predicted molar refractivity (Wildman–Crippen MR) is 52.3 cm³/mol. The van der Waals surface area contributed by atoms with E-state index < -0.39 is 12.3 Å². The van der Waals surface area contributed by atoms with Crippen LogP contribution in [-0.2, 0) is 17.0 Å². The molecule has 1 nitrogen and oxygen atoms in total. The zero-order valence-electron chi connectivity index (χ0n) is 9.13. The Morgan fingerprint density at radius 2 is 2.00 bits per heavy atom. The standard InChI is InChI=1S/C8H13F2N.C2H6.V/c1-2-11-5-3-4-7(6-11)8(9)10;1-2;/h7-8H,3-6H2,1H3;1-2H3;. The minimum atomic E-state index is -2.15. The second-order valence-electron chi connectivity index (χ2n) is 3.23. The molecule has 0 aromatic rings. The van der Waals surface area contributed by atoms with Crippen LogP contribution in [0.4, 0.5) is 8.78 Å². The molecule has 0 radical (unpaired) electrons. The van der Waals surface area contributed by atoms with Gasteiger partial charge in [0.2, 0.25) is 0 Å². The van der Waals surface area contributed by atoms with Crippen molar-refractivity contribution in [2.24, 2.45) is 5.92 Å². The number of halogens is 2. The third-order valence-electron chi connectivity index (χ3n) is 2.27. The van der Waals surface area contributed by atoms with Gasteiger partial charge in [-0.3, -0.25) is 0 Å². The van der Waals surface area contributed by atoms with E-state index in [0.717, 1.165) is 17.3 Å². The van der Waals surface area contributed by atoms with E-state index in [9.17, 15) is 8.78 Å². The van der Waals surface area contributed by atoms with Crippen LogP contribution in [0.25, 0.3) is 0 Å². The Morgan fingerprint density at radius 3 is 2.43 bits per heavy atom. The van der Waals surface area contributed by atoms with Crippen LogP contribution in [0, 0.1) is 5.92 Å². The maximum absolute atomic E-state index is 12.3. The van der Waals surface area contributed by atoms with E-state index in [0.29, 0.717) is 13.0 Å². The van der Waals surface area contributed by atoms with Crippen molar-refractivity contribution in [2.75, 3.05) is 13.1 Å². The summed E-state index contributed by atoms with van der Waals surface area (Å²) in [4.78, 5) is 2.03. The van der Waals surface area contributed by atoms with E-state index in [-0.39, 0.29) is 0 Å². The molecule has 0 saturated carbocycles. The molecule has 0 aromatic carbocycles. The first-order chi connectivity index (χ1) is 6.61. The van der Waals surface area contributed by atoms with Crippen LogP contribution in [-0.4, -0.2) is 28.8 Å². The van der Waals surface area contributed by atoms with Gasteiger partial charge in [0.05, 0.1) is 0 Å². The molecule has 4 heteroatoms. The SMILES string of the molecule is CC.C[C](=[V])N1CCCC(C(F)F)C1. The van der Waals surface area contributed by atoms with Gasteiger partial charge in [-0.05, 0) is 0 Å². The molecule has 1 rings (SSSR count). The second-order valence-corrected chi connectivity index (χ2v) is 4.24. The summed E-state index contributed by atoms with van der Waals surface area (Å²) in [6.07, 6.45) is -0.585. The Balaban J connectivity index is 0.000000791. The minimum absolute atomic E-state index is 0.419. The number of likely N-dealkylation sites (tertiary alicyclic amines) is 1. The molecule has 1 fully saturated rings. The maximum atomic E-state index is 12.3. The fourth-order valence-corrected chi connectivity index (χ4v) is 1.79. The summed E-state index contributed by atoms with van der Waals surface area (Å²) < 4.78 is 25.7. The van der Waals surface area contributed by atoms with E-state index in [1.54, 1.807) is 0 Å². The first-order valence-electron chi connectivity index (χ1n) is 5.17. The van der Waals surface area contributed by atoms with E-state index in [4.69, 9.17) is 0 Å². The molecule has 1 unspecified atom stereocenters. The summed E-state index contributed by atoms with van der Waals surface area (Å²) in [6.45, 7) is 7.41. The van der Waals surface area contributed by atoms with Gasteiger partial charge < -0.3 is 0 Å². The molecule has 1 saturated heterocycles. The molecule has 14 heavy (non-hydrogen) atoms. The Bertz CT molecular complexity index is 174. The molecule has 0 spiro atoms. The second kappa shape index (κ2) is 7.55. The predicted octanol–water partition coefficient (Wildman–Crippen LogP) is 2.69. The molecule has 0 aromatic heterocycles. The van der Waals surface area contributed by atoms with E-state index in [2.05, 4.69) is 17.0 Å². The number of nitrogens with zero attached hydrogens (tertiary/aromatic N) is 1. The molecular formula is C10H19F2NV. The van der Waals surface area contributed by atoms with Gasteiger partial charge in [0.15, 0.2) is 0 Å². The van der Waals surface area contributed by atoms with Crippen LogP contribution in [0.1, 0.15) is 33.6 Å². The summed E-state index contributed by atoms with van der Waals surface area (Å²) in [5.74, 6) is -0.419. The Kier molecular flexibility index (Phi) is 7.70. The summed E-state index contributed by atoms with van der Waals surface area (Å²) in [7, 11) is 0. The number of hydrogen-bond donors (Lipinski definition) is 0. The first-order valence-corrected chi connectivity index (χ1v) is 5.86. The van der Waals surface area contributed by atoms with Gasteiger partial charge >= 0.3 is 80.2 Å². The average molecular weight is 242 g/mol. The topological polar surface area (TPSA) is 3.24 Å². The van der Waals surface area contributed by atoms with Crippen molar-refractivity contribution in [1.29, 1.82) is 0 Å². The molecular weight excluding hydrogens is 223 g/mol. The fraction of sp³-hybridized carbons (Fsp3) is 0.900. The molecule has 1 atom stereocenters. The van der Waals surface area contributed by atoms with Crippen molar-refractivity contribution in [2.45, 2.75) is 40.0 Å². The van der Waals surface area contributed by atoms with Crippen LogP contribution in [0.5, 0.6) is 0 Å². The molecule has 0 aliphatic carbocycles. The van der Waals surface area contributed by atoms with Gasteiger partial charge in [0.1, 0.15) is 0 Å². The van der Waals surface area contributed by atoms with E-state index in [1.165, 1.54) is 0 Å². The van der Waals surface area contributed by atoms with E-state index in [1.807, 2.05) is 25.7 Å². The molecule has 1 aliphatic rings. The Labute approximate surface area is 94.4 Å². The first kappa shape index (κ1) is 14.3. The van der Waals surface area contributed by atoms with Gasteiger partial charge in [-0.1, -0.05) is 13.8 Å². The van der Waals surface area contributed by atoms with E-state index >= 15 is 0 Å². The van der Waals surface area contributed by atoms with Crippen molar-refractivity contribution >= 4 is 4.35 Å². The molecule has 1 heterocycles. The van der Waals surface area contributed by atoms with Gasteiger partial charge in [-0.2, -0.15) is 0 Å². The van der Waals surface area contributed by atoms with Crippen LogP contribution in [0.15, 0.2) is 0 Å². The van der Waals surface area contributed by atoms with Crippen LogP contribution in [0.2, 0.25) is 0 Å². The van der Waals surface area contributed by atoms with Crippen molar-refractivity contribution in [1.82, 2.24) is 4.90 Å². The normalized spacial score (nSPS) is 22.8. The third-order valence-corrected chi connectivity index (χ3v) is 2.71. The molecule has 0 N–H and O–H groups in total. The Hall–Kier alpha value is 0.274. The number of alkyl halides is 2. The summed E-state index contributed by atoms with van der Waals surface area (Å²) in [5, 5.41) is 0.